The van der Waals surface area contributed by atoms with E-state index in [1.54, 1.807) is 0 Å². The van der Waals surface area contributed by atoms with Crippen LogP contribution in [-0.2, 0) is 9.53 Å². The molecule has 0 aromatic heterocycles. The van der Waals surface area contributed by atoms with Crippen LogP contribution in [0, 0.1) is 5.41 Å². The van der Waals surface area contributed by atoms with Crippen LogP contribution in [0.2, 0.25) is 0 Å². The summed E-state index contributed by atoms with van der Waals surface area (Å²) in [5.74, 6) is 0.374. The van der Waals surface area contributed by atoms with Crippen LogP contribution in [-0.4, -0.2) is 37.1 Å². The summed E-state index contributed by atoms with van der Waals surface area (Å²) in [6.45, 7) is 9.61. The molecule has 0 N–H and O–H groups in total. The molecule has 1 saturated heterocycles. The smallest absolute Gasteiger partial charge is 0.228 e. The number of amides is 1. The van der Waals surface area contributed by atoms with Crippen LogP contribution in [0.1, 0.15) is 78.6 Å². The summed E-state index contributed by atoms with van der Waals surface area (Å²) in [7, 11) is 0. The lowest BCUT2D eigenvalue weighted by molar-refractivity contribution is -0.146. The molecule has 0 aromatic rings. The van der Waals surface area contributed by atoms with Crippen molar-refractivity contribution in [2.75, 3.05) is 26.3 Å². The number of rotatable bonds is 10. The molecule has 1 unspecified atom stereocenters. The molecule has 0 aliphatic carbocycles. The van der Waals surface area contributed by atoms with E-state index in [2.05, 4.69) is 20.8 Å². The first-order chi connectivity index (χ1) is 10.1. The Hall–Kier alpha value is -0.570. The van der Waals surface area contributed by atoms with Gasteiger partial charge in [0.2, 0.25) is 5.91 Å². The number of carbonyl (C=O) groups is 1. The summed E-state index contributed by atoms with van der Waals surface area (Å²) in [5, 5.41) is 0. The van der Waals surface area contributed by atoms with Gasteiger partial charge < -0.3 is 9.64 Å². The largest absolute Gasteiger partial charge is 0.378 e. The van der Waals surface area contributed by atoms with E-state index < -0.39 is 0 Å². The van der Waals surface area contributed by atoms with Gasteiger partial charge in [-0.2, -0.15) is 0 Å². The second kappa shape index (κ2) is 10.2. The lowest BCUT2D eigenvalue weighted by Gasteiger charge is -2.36. The second-order valence-electron chi connectivity index (χ2n) is 6.73. The van der Waals surface area contributed by atoms with Gasteiger partial charge in [-0.15, -0.1) is 0 Å². The van der Waals surface area contributed by atoms with E-state index in [9.17, 15) is 4.79 Å². The Morgan fingerprint density at radius 1 is 0.952 bits per heavy atom. The van der Waals surface area contributed by atoms with Crippen molar-refractivity contribution >= 4 is 5.91 Å². The van der Waals surface area contributed by atoms with Gasteiger partial charge in [-0.05, 0) is 12.8 Å². The molecule has 0 spiro atoms. The Bertz CT molecular complexity index is 287. The van der Waals surface area contributed by atoms with Gasteiger partial charge in [-0.25, -0.2) is 0 Å². The van der Waals surface area contributed by atoms with Gasteiger partial charge in [0.1, 0.15) is 0 Å². The van der Waals surface area contributed by atoms with Crippen molar-refractivity contribution in [3.8, 4) is 0 Å². The van der Waals surface area contributed by atoms with E-state index in [0.717, 1.165) is 25.9 Å². The van der Waals surface area contributed by atoms with Crippen LogP contribution in [0.3, 0.4) is 0 Å². The highest BCUT2D eigenvalue weighted by Gasteiger charge is 2.36. The zero-order valence-corrected chi connectivity index (χ0v) is 14.5. The summed E-state index contributed by atoms with van der Waals surface area (Å²) in [6, 6.07) is 0. The Kier molecular flexibility index (Phi) is 8.98. The Morgan fingerprint density at radius 2 is 1.48 bits per heavy atom. The fourth-order valence-electron chi connectivity index (χ4n) is 3.19. The van der Waals surface area contributed by atoms with Crippen LogP contribution in [0.15, 0.2) is 0 Å². The third kappa shape index (κ3) is 6.37. The minimum absolute atomic E-state index is 0.153. The van der Waals surface area contributed by atoms with Crippen molar-refractivity contribution < 1.29 is 9.53 Å². The monoisotopic (exact) mass is 297 g/mol. The zero-order chi connectivity index (χ0) is 15.6. The van der Waals surface area contributed by atoms with Crippen LogP contribution in [0.5, 0.6) is 0 Å². The summed E-state index contributed by atoms with van der Waals surface area (Å²) >= 11 is 0. The molecule has 0 radical (unpaired) electrons. The Labute approximate surface area is 131 Å². The lowest BCUT2D eigenvalue weighted by atomic mass is 9.78. The number of hydrogen-bond acceptors (Lipinski definition) is 2. The first kappa shape index (κ1) is 18.5. The molecule has 1 rings (SSSR count). The zero-order valence-electron chi connectivity index (χ0n) is 14.5. The summed E-state index contributed by atoms with van der Waals surface area (Å²) in [4.78, 5) is 15.0. The third-order valence-corrected chi connectivity index (χ3v) is 4.73. The summed E-state index contributed by atoms with van der Waals surface area (Å²) in [5.41, 5.74) is -0.153. The number of unbranched alkanes of at least 4 members (excludes halogenated alkanes) is 5. The van der Waals surface area contributed by atoms with Crippen molar-refractivity contribution in [1.29, 1.82) is 0 Å². The van der Waals surface area contributed by atoms with Crippen molar-refractivity contribution in [2.45, 2.75) is 78.6 Å². The molecule has 1 aliphatic rings. The molecule has 1 amide bonds. The van der Waals surface area contributed by atoms with Gasteiger partial charge in [0.15, 0.2) is 0 Å². The van der Waals surface area contributed by atoms with Gasteiger partial charge in [-0.1, -0.05) is 65.7 Å². The topological polar surface area (TPSA) is 29.5 Å². The van der Waals surface area contributed by atoms with Crippen molar-refractivity contribution in [2.24, 2.45) is 5.41 Å². The number of hydrogen-bond donors (Lipinski definition) is 0. The molecular weight excluding hydrogens is 262 g/mol. The molecule has 1 atom stereocenters. The van der Waals surface area contributed by atoms with E-state index in [4.69, 9.17) is 4.74 Å². The van der Waals surface area contributed by atoms with Crippen molar-refractivity contribution in [1.82, 2.24) is 4.90 Å². The number of ether oxygens (including phenoxy) is 1. The lowest BCUT2D eigenvalue weighted by Crippen LogP contribution is -2.47. The number of morpholine rings is 1. The Balaban J connectivity index is 2.57. The maximum atomic E-state index is 12.9. The molecule has 3 nitrogen and oxygen atoms in total. The average Bonchev–Trinajstić information content (AvgIpc) is 2.52. The quantitative estimate of drug-likeness (QED) is 0.559. The predicted molar refractivity (Wildman–Crippen MR) is 88.4 cm³/mol. The Morgan fingerprint density at radius 3 is 2.05 bits per heavy atom. The van der Waals surface area contributed by atoms with Gasteiger partial charge in [0.05, 0.1) is 13.2 Å². The number of nitrogens with zero attached hydrogens (tertiary/aromatic N) is 1. The van der Waals surface area contributed by atoms with E-state index >= 15 is 0 Å². The molecule has 1 fully saturated rings. The van der Waals surface area contributed by atoms with Crippen molar-refractivity contribution in [3.05, 3.63) is 0 Å². The molecule has 3 heteroatoms. The van der Waals surface area contributed by atoms with Gasteiger partial charge in [-0.3, -0.25) is 4.79 Å². The summed E-state index contributed by atoms with van der Waals surface area (Å²) < 4.78 is 5.38. The molecule has 21 heavy (non-hydrogen) atoms. The van der Waals surface area contributed by atoms with Gasteiger partial charge in [0, 0.05) is 18.5 Å². The van der Waals surface area contributed by atoms with Crippen LogP contribution in [0.25, 0.3) is 0 Å². The average molecular weight is 297 g/mol. The molecule has 0 bridgehead atoms. The first-order valence-corrected chi connectivity index (χ1v) is 9.01. The second-order valence-corrected chi connectivity index (χ2v) is 6.73. The standard InChI is InChI=1S/C18H35NO2/c1-4-6-8-10-12-18(3,11-9-7-5-2)17(20)19-13-15-21-16-14-19/h4-16H2,1-3H3. The fourth-order valence-corrected chi connectivity index (χ4v) is 3.19. The molecule has 124 valence electrons. The minimum Gasteiger partial charge on any atom is -0.378 e. The van der Waals surface area contributed by atoms with Crippen LogP contribution in [0.4, 0.5) is 0 Å². The molecule has 1 aliphatic heterocycles. The van der Waals surface area contributed by atoms with Gasteiger partial charge in [0.25, 0.3) is 0 Å². The van der Waals surface area contributed by atoms with E-state index in [0.29, 0.717) is 19.1 Å². The molecule has 1 heterocycles. The minimum atomic E-state index is -0.153. The summed E-state index contributed by atoms with van der Waals surface area (Å²) in [6.07, 6.45) is 10.7. The highest BCUT2D eigenvalue weighted by Crippen LogP contribution is 2.33. The molecule has 0 saturated carbocycles. The predicted octanol–water partition coefficient (Wildman–Crippen LogP) is 4.40. The van der Waals surface area contributed by atoms with Gasteiger partial charge >= 0.3 is 0 Å². The first-order valence-electron chi connectivity index (χ1n) is 9.01. The SMILES string of the molecule is CCCCCCC(C)(CCCCC)C(=O)N1CCOCC1. The maximum absolute atomic E-state index is 12.9. The normalized spacial score (nSPS) is 18.5. The molecule has 0 aromatic carbocycles. The van der Waals surface area contributed by atoms with Crippen molar-refractivity contribution in [3.63, 3.8) is 0 Å². The van der Waals surface area contributed by atoms with E-state index in [-0.39, 0.29) is 5.41 Å². The maximum Gasteiger partial charge on any atom is 0.228 e. The molecular formula is C18H35NO2. The highest BCUT2D eigenvalue weighted by atomic mass is 16.5. The van der Waals surface area contributed by atoms with Crippen LogP contribution < -0.4 is 0 Å². The highest BCUT2D eigenvalue weighted by molar-refractivity contribution is 5.82. The third-order valence-electron chi connectivity index (χ3n) is 4.73. The van der Waals surface area contributed by atoms with E-state index in [1.165, 1.54) is 44.9 Å². The van der Waals surface area contributed by atoms with E-state index in [1.807, 2.05) is 4.90 Å². The fraction of sp³-hybridized carbons (Fsp3) is 0.944. The number of carbonyl (C=O) groups excluding carboxylic acids is 1. The van der Waals surface area contributed by atoms with Crippen LogP contribution >= 0.6 is 0 Å².